The lowest BCUT2D eigenvalue weighted by molar-refractivity contribution is 0.0969. The summed E-state index contributed by atoms with van der Waals surface area (Å²) in [6.45, 7) is 2.02. The lowest BCUT2D eigenvalue weighted by atomic mass is 10.1. The molecule has 2 aromatic heterocycles. The van der Waals surface area contributed by atoms with Crippen molar-refractivity contribution in [2.75, 3.05) is 0 Å². The number of fused-ring (bicyclic) bond motifs is 1. The molecule has 2 heterocycles. The van der Waals surface area contributed by atoms with Crippen molar-refractivity contribution in [3.05, 3.63) is 56.4 Å². The van der Waals surface area contributed by atoms with Gasteiger partial charge in [-0.1, -0.05) is 11.6 Å². The zero-order valence-corrected chi connectivity index (χ0v) is 12.7. The number of ketones is 1. The highest BCUT2D eigenvalue weighted by Gasteiger charge is 2.14. The quantitative estimate of drug-likeness (QED) is 0.631. The maximum atomic E-state index is 12.2. The van der Waals surface area contributed by atoms with Crippen LogP contribution in [0.25, 0.3) is 11.0 Å². The largest absolute Gasteiger partial charge is 0.453 e. The van der Waals surface area contributed by atoms with Crippen LogP contribution in [-0.4, -0.2) is 5.78 Å². The van der Waals surface area contributed by atoms with Crippen molar-refractivity contribution in [3.63, 3.8) is 0 Å². The molecule has 0 amide bonds. The first-order valence-corrected chi connectivity index (χ1v) is 7.55. The van der Waals surface area contributed by atoms with Gasteiger partial charge >= 0.3 is 0 Å². The molecule has 0 bridgehead atoms. The average molecular weight is 335 g/mol. The molecule has 0 aliphatic rings. The summed E-state index contributed by atoms with van der Waals surface area (Å²) in [7, 11) is 0. The average Bonchev–Trinajstić information content (AvgIpc) is 2.95. The van der Waals surface area contributed by atoms with Crippen LogP contribution >= 0.6 is 27.3 Å². The summed E-state index contributed by atoms with van der Waals surface area (Å²) in [6.07, 6.45) is 0.384. The molecular weight excluding hydrogens is 324 g/mol. The third-order valence-corrected chi connectivity index (χ3v) is 4.60. The molecule has 3 aromatic rings. The molecule has 0 radical (unpaired) electrons. The highest BCUT2D eigenvalue weighted by molar-refractivity contribution is 9.10. The number of aryl methyl sites for hydroxylation is 1. The Morgan fingerprint density at radius 1 is 1.32 bits per heavy atom. The maximum Gasteiger partial charge on any atom is 0.203 e. The van der Waals surface area contributed by atoms with E-state index in [9.17, 15) is 4.79 Å². The number of rotatable bonds is 3. The molecule has 0 saturated heterocycles. The van der Waals surface area contributed by atoms with Crippen molar-refractivity contribution in [1.82, 2.24) is 0 Å². The third-order valence-electron chi connectivity index (χ3n) is 2.90. The molecule has 0 fully saturated rings. The van der Waals surface area contributed by atoms with Gasteiger partial charge in [0.25, 0.3) is 0 Å². The van der Waals surface area contributed by atoms with Gasteiger partial charge in [0.2, 0.25) is 5.78 Å². The number of carbonyl (C=O) groups is 1. The molecular formula is C15H11BrO2S. The Morgan fingerprint density at radius 2 is 2.16 bits per heavy atom. The summed E-state index contributed by atoms with van der Waals surface area (Å²) in [5.74, 6) is 0.452. The number of furan rings is 1. The van der Waals surface area contributed by atoms with Gasteiger partial charge in [-0.25, -0.2) is 0 Å². The Kier molecular flexibility index (Phi) is 3.29. The van der Waals surface area contributed by atoms with E-state index in [1.165, 1.54) is 0 Å². The molecule has 3 rings (SSSR count). The first kappa shape index (κ1) is 12.6. The second-order valence-electron chi connectivity index (χ2n) is 4.48. The van der Waals surface area contributed by atoms with Crippen LogP contribution in [-0.2, 0) is 6.42 Å². The Morgan fingerprint density at radius 3 is 2.89 bits per heavy atom. The monoisotopic (exact) mass is 334 g/mol. The lowest BCUT2D eigenvalue weighted by Crippen LogP contribution is -1.99. The van der Waals surface area contributed by atoms with Crippen LogP contribution in [0.1, 0.15) is 21.0 Å². The number of benzene rings is 1. The zero-order chi connectivity index (χ0) is 13.4. The Bertz CT molecular complexity index is 754. The van der Waals surface area contributed by atoms with E-state index in [0.29, 0.717) is 12.2 Å². The molecule has 96 valence electrons. The van der Waals surface area contributed by atoms with Crippen LogP contribution in [0.4, 0.5) is 0 Å². The number of hydrogen-bond donors (Lipinski definition) is 0. The Hall–Kier alpha value is -1.39. The SMILES string of the molecule is Cc1ccc2oc(C(=O)Cc3cc(Br)cs3)cc2c1. The summed E-state index contributed by atoms with van der Waals surface area (Å²) < 4.78 is 6.62. The normalized spacial score (nSPS) is 11.1. The Labute approximate surface area is 123 Å². The maximum absolute atomic E-state index is 12.2. The van der Waals surface area contributed by atoms with Crippen molar-refractivity contribution in [1.29, 1.82) is 0 Å². The van der Waals surface area contributed by atoms with Crippen molar-refractivity contribution >= 4 is 44.0 Å². The number of Topliss-reactive ketones (excluding diaryl/α,β-unsaturated/α-hetero) is 1. The van der Waals surface area contributed by atoms with Crippen molar-refractivity contribution < 1.29 is 9.21 Å². The smallest absolute Gasteiger partial charge is 0.203 e. The summed E-state index contributed by atoms with van der Waals surface area (Å²) in [6, 6.07) is 9.71. The van der Waals surface area contributed by atoms with E-state index in [0.717, 1.165) is 25.9 Å². The van der Waals surface area contributed by atoms with Gasteiger partial charge in [-0.05, 0) is 47.1 Å². The van der Waals surface area contributed by atoms with Gasteiger partial charge in [0.05, 0.1) is 0 Å². The minimum absolute atomic E-state index is 0.0169. The first-order chi connectivity index (χ1) is 9.11. The van der Waals surface area contributed by atoms with Gasteiger partial charge in [0.15, 0.2) is 5.76 Å². The minimum Gasteiger partial charge on any atom is -0.453 e. The summed E-state index contributed by atoms with van der Waals surface area (Å²) in [5, 5.41) is 2.96. The van der Waals surface area contributed by atoms with E-state index in [1.807, 2.05) is 42.6 Å². The number of carbonyl (C=O) groups excluding carboxylic acids is 1. The van der Waals surface area contributed by atoms with Crippen molar-refractivity contribution in [2.24, 2.45) is 0 Å². The van der Waals surface area contributed by atoms with Crippen molar-refractivity contribution in [2.45, 2.75) is 13.3 Å². The van der Waals surface area contributed by atoms with Gasteiger partial charge in [0, 0.05) is 26.5 Å². The first-order valence-electron chi connectivity index (χ1n) is 5.88. The second-order valence-corrected chi connectivity index (χ2v) is 6.39. The third kappa shape index (κ3) is 2.65. The molecule has 0 unspecified atom stereocenters. The van der Waals surface area contributed by atoms with E-state index in [4.69, 9.17) is 4.42 Å². The van der Waals surface area contributed by atoms with Gasteiger partial charge in [-0.15, -0.1) is 11.3 Å². The molecule has 2 nitrogen and oxygen atoms in total. The summed E-state index contributed by atoms with van der Waals surface area (Å²) in [5.41, 5.74) is 1.93. The molecule has 0 aliphatic carbocycles. The van der Waals surface area contributed by atoms with E-state index in [2.05, 4.69) is 15.9 Å². The van der Waals surface area contributed by atoms with E-state index >= 15 is 0 Å². The highest BCUT2D eigenvalue weighted by Crippen LogP contribution is 2.24. The van der Waals surface area contributed by atoms with Crippen LogP contribution in [0.15, 0.2) is 44.6 Å². The van der Waals surface area contributed by atoms with Crippen LogP contribution in [0.2, 0.25) is 0 Å². The standard InChI is InChI=1S/C15H11BrO2S/c1-9-2-3-14-10(4-9)5-15(18-14)13(17)7-12-6-11(16)8-19-12/h2-6,8H,7H2,1H3. The van der Waals surface area contributed by atoms with Crippen LogP contribution in [0.3, 0.4) is 0 Å². The van der Waals surface area contributed by atoms with Crippen molar-refractivity contribution in [3.8, 4) is 0 Å². The summed E-state index contributed by atoms with van der Waals surface area (Å²) >= 11 is 4.96. The molecule has 0 aliphatic heterocycles. The molecule has 0 N–H and O–H groups in total. The number of thiophene rings is 1. The fraction of sp³-hybridized carbons (Fsp3) is 0.133. The van der Waals surface area contributed by atoms with Crippen LogP contribution in [0.5, 0.6) is 0 Å². The zero-order valence-electron chi connectivity index (χ0n) is 10.3. The molecule has 0 saturated carbocycles. The van der Waals surface area contributed by atoms with Crippen LogP contribution < -0.4 is 0 Å². The van der Waals surface area contributed by atoms with Gasteiger partial charge in [-0.3, -0.25) is 4.79 Å². The van der Waals surface area contributed by atoms with E-state index in [-0.39, 0.29) is 5.78 Å². The predicted molar refractivity (Wildman–Crippen MR) is 81.0 cm³/mol. The van der Waals surface area contributed by atoms with Gasteiger partial charge in [0.1, 0.15) is 5.58 Å². The second kappa shape index (κ2) is 4.94. The molecule has 0 atom stereocenters. The lowest BCUT2D eigenvalue weighted by Gasteiger charge is -1.93. The molecule has 0 spiro atoms. The molecule has 4 heteroatoms. The fourth-order valence-electron chi connectivity index (χ4n) is 1.99. The van der Waals surface area contributed by atoms with Gasteiger partial charge < -0.3 is 4.42 Å². The molecule has 19 heavy (non-hydrogen) atoms. The minimum atomic E-state index is 0.0169. The van der Waals surface area contributed by atoms with E-state index < -0.39 is 0 Å². The molecule has 1 aromatic carbocycles. The Balaban J connectivity index is 1.89. The number of hydrogen-bond acceptors (Lipinski definition) is 3. The topological polar surface area (TPSA) is 30.2 Å². The van der Waals surface area contributed by atoms with E-state index in [1.54, 1.807) is 11.3 Å². The predicted octanol–water partition coefficient (Wildman–Crippen LogP) is 4.99. The number of halogens is 1. The van der Waals surface area contributed by atoms with Gasteiger partial charge in [-0.2, -0.15) is 0 Å². The van der Waals surface area contributed by atoms with Crippen LogP contribution in [0, 0.1) is 6.92 Å². The fourth-order valence-corrected chi connectivity index (χ4v) is 3.44. The highest BCUT2D eigenvalue weighted by atomic mass is 79.9. The summed E-state index contributed by atoms with van der Waals surface area (Å²) in [4.78, 5) is 13.2.